The Labute approximate surface area is 243 Å². The van der Waals surface area contributed by atoms with Crippen LogP contribution in [0.15, 0.2) is 97.1 Å². The van der Waals surface area contributed by atoms with Crippen molar-refractivity contribution >= 4 is 17.3 Å². The van der Waals surface area contributed by atoms with Crippen molar-refractivity contribution in [2.45, 2.75) is 33.5 Å². The normalized spacial score (nSPS) is 10.9. The van der Waals surface area contributed by atoms with Gasteiger partial charge in [-0.05, 0) is 85.5 Å². The predicted molar refractivity (Wildman–Crippen MR) is 163 cm³/mol. The van der Waals surface area contributed by atoms with Crippen LogP contribution in [0.1, 0.15) is 24.4 Å². The fraction of sp³-hybridized carbons (Fsp3) is 0.176. The first kappa shape index (κ1) is 27.9. The maximum atomic E-state index is 10.8. The van der Waals surface area contributed by atoms with E-state index in [2.05, 4.69) is 36.4 Å². The molecule has 5 rings (SSSR count). The molecule has 4 aromatic carbocycles. The molecule has 0 aliphatic rings. The van der Waals surface area contributed by atoms with E-state index in [1.807, 2.05) is 69.3 Å². The van der Waals surface area contributed by atoms with E-state index < -0.39 is 5.97 Å². The van der Waals surface area contributed by atoms with Gasteiger partial charge in [0.2, 0.25) is 0 Å². The summed E-state index contributed by atoms with van der Waals surface area (Å²) in [5, 5.41) is 9.71. The van der Waals surface area contributed by atoms with Crippen molar-refractivity contribution in [3.8, 4) is 50.1 Å². The SMILES string of the molecule is Cc1cc(OCc2nc(-c3ccc(OC(C)C)cc3)c(-c3ccc(-c4ccccc4)cc3)s2)ccc1OCC(=O)O. The molecule has 0 saturated carbocycles. The van der Waals surface area contributed by atoms with Crippen molar-refractivity contribution in [1.82, 2.24) is 4.98 Å². The quantitative estimate of drug-likeness (QED) is 0.174. The van der Waals surface area contributed by atoms with Crippen molar-refractivity contribution in [1.29, 1.82) is 0 Å². The Kier molecular flexibility index (Phi) is 8.65. The number of aliphatic carboxylic acids is 1. The number of ether oxygens (including phenoxy) is 3. The molecule has 1 N–H and O–H groups in total. The number of thiazole rings is 1. The minimum Gasteiger partial charge on any atom is -0.491 e. The number of benzene rings is 4. The lowest BCUT2D eigenvalue weighted by atomic mass is 10.0. The van der Waals surface area contributed by atoms with Gasteiger partial charge in [0.1, 0.15) is 28.9 Å². The highest BCUT2D eigenvalue weighted by Gasteiger charge is 2.17. The van der Waals surface area contributed by atoms with E-state index in [9.17, 15) is 4.79 Å². The number of aromatic nitrogens is 1. The number of carboxylic acid groups (broad SMARTS) is 1. The molecule has 1 aromatic heterocycles. The summed E-state index contributed by atoms with van der Waals surface area (Å²) in [5.74, 6) is 0.979. The van der Waals surface area contributed by atoms with Gasteiger partial charge in [-0.25, -0.2) is 9.78 Å². The Morgan fingerprint density at radius 2 is 1.44 bits per heavy atom. The Morgan fingerprint density at radius 1 is 0.805 bits per heavy atom. The van der Waals surface area contributed by atoms with E-state index in [0.717, 1.165) is 43.6 Å². The molecule has 0 atom stereocenters. The minimum absolute atomic E-state index is 0.101. The van der Waals surface area contributed by atoms with Gasteiger partial charge in [0.15, 0.2) is 6.61 Å². The predicted octanol–water partition coefficient (Wildman–Crippen LogP) is 8.28. The first-order chi connectivity index (χ1) is 19.9. The molecule has 0 fully saturated rings. The van der Waals surface area contributed by atoms with Gasteiger partial charge < -0.3 is 19.3 Å². The third kappa shape index (κ3) is 7.13. The fourth-order valence-corrected chi connectivity index (χ4v) is 5.39. The summed E-state index contributed by atoms with van der Waals surface area (Å²) >= 11 is 1.60. The lowest BCUT2D eigenvalue weighted by Gasteiger charge is -2.10. The second kappa shape index (κ2) is 12.7. The molecule has 5 aromatic rings. The summed E-state index contributed by atoms with van der Waals surface area (Å²) < 4.78 is 17.3. The highest BCUT2D eigenvalue weighted by atomic mass is 32.1. The van der Waals surface area contributed by atoms with Gasteiger partial charge in [-0.1, -0.05) is 54.6 Å². The second-order valence-electron chi connectivity index (χ2n) is 9.82. The van der Waals surface area contributed by atoms with Gasteiger partial charge in [0, 0.05) is 5.56 Å². The summed E-state index contributed by atoms with van der Waals surface area (Å²) in [6, 6.07) is 32.2. The van der Waals surface area contributed by atoms with Crippen LogP contribution in [0.2, 0.25) is 0 Å². The van der Waals surface area contributed by atoms with Crippen molar-refractivity contribution < 1.29 is 24.1 Å². The molecule has 0 bridgehead atoms. The Balaban J connectivity index is 1.41. The highest BCUT2D eigenvalue weighted by molar-refractivity contribution is 7.15. The van der Waals surface area contributed by atoms with Gasteiger partial charge in [-0.15, -0.1) is 11.3 Å². The molecule has 208 valence electrons. The van der Waals surface area contributed by atoms with Crippen LogP contribution in [0.5, 0.6) is 17.2 Å². The van der Waals surface area contributed by atoms with Gasteiger partial charge in [0.25, 0.3) is 0 Å². The molecule has 0 saturated heterocycles. The molecular weight excluding hydrogens is 534 g/mol. The summed E-state index contributed by atoms with van der Waals surface area (Å²) in [4.78, 5) is 16.9. The van der Waals surface area contributed by atoms with Gasteiger partial charge >= 0.3 is 5.97 Å². The van der Waals surface area contributed by atoms with Crippen LogP contribution in [-0.4, -0.2) is 28.8 Å². The van der Waals surface area contributed by atoms with Crippen LogP contribution in [-0.2, 0) is 11.4 Å². The Morgan fingerprint density at radius 3 is 2.10 bits per heavy atom. The van der Waals surface area contributed by atoms with E-state index in [1.54, 1.807) is 23.5 Å². The Hall–Kier alpha value is -4.62. The van der Waals surface area contributed by atoms with E-state index in [0.29, 0.717) is 18.1 Å². The Bertz CT molecular complexity index is 1610. The van der Waals surface area contributed by atoms with E-state index >= 15 is 0 Å². The van der Waals surface area contributed by atoms with Crippen LogP contribution < -0.4 is 14.2 Å². The third-order valence-electron chi connectivity index (χ3n) is 6.29. The smallest absolute Gasteiger partial charge is 0.341 e. The maximum absolute atomic E-state index is 10.8. The second-order valence-corrected chi connectivity index (χ2v) is 10.9. The van der Waals surface area contributed by atoms with Gasteiger partial charge in [-0.2, -0.15) is 0 Å². The molecule has 41 heavy (non-hydrogen) atoms. The molecule has 0 unspecified atom stereocenters. The van der Waals surface area contributed by atoms with Crippen LogP contribution in [0.3, 0.4) is 0 Å². The highest BCUT2D eigenvalue weighted by Crippen LogP contribution is 2.39. The average molecular weight is 566 g/mol. The average Bonchev–Trinajstić information content (AvgIpc) is 3.40. The molecule has 0 aliphatic carbocycles. The molecule has 0 radical (unpaired) electrons. The zero-order chi connectivity index (χ0) is 28.8. The molecule has 0 spiro atoms. The van der Waals surface area contributed by atoms with Crippen LogP contribution in [0.4, 0.5) is 0 Å². The number of rotatable bonds is 11. The maximum Gasteiger partial charge on any atom is 0.341 e. The first-order valence-corrected chi connectivity index (χ1v) is 14.2. The number of aryl methyl sites for hydroxylation is 1. The van der Waals surface area contributed by atoms with Crippen molar-refractivity contribution in [2.75, 3.05) is 6.61 Å². The monoisotopic (exact) mass is 565 g/mol. The first-order valence-electron chi connectivity index (χ1n) is 13.4. The third-order valence-corrected chi connectivity index (χ3v) is 7.36. The van der Waals surface area contributed by atoms with E-state index in [1.165, 1.54) is 5.56 Å². The van der Waals surface area contributed by atoms with Crippen molar-refractivity contribution in [3.63, 3.8) is 0 Å². The van der Waals surface area contributed by atoms with E-state index in [-0.39, 0.29) is 12.7 Å². The standard InChI is InChI=1S/C34H31NO5S/c1-22(2)40-28-15-13-26(14-16-28)33-34(27-11-9-25(10-12-27)24-7-5-4-6-8-24)41-31(35-33)20-38-29-17-18-30(23(3)19-29)39-21-32(36)37/h4-19,22H,20-21H2,1-3H3,(H,36,37). The minimum atomic E-state index is -1.02. The molecular formula is C34H31NO5S. The summed E-state index contributed by atoms with van der Waals surface area (Å²) in [6.07, 6.45) is 0.101. The number of nitrogens with zero attached hydrogens (tertiary/aromatic N) is 1. The number of carboxylic acids is 1. The topological polar surface area (TPSA) is 77.9 Å². The molecule has 0 aliphatic heterocycles. The summed E-state index contributed by atoms with van der Waals surface area (Å²) in [7, 11) is 0. The zero-order valence-electron chi connectivity index (χ0n) is 23.2. The molecule has 0 amide bonds. The van der Waals surface area contributed by atoms with Crippen molar-refractivity contribution in [2.24, 2.45) is 0 Å². The molecule has 6 nitrogen and oxygen atoms in total. The van der Waals surface area contributed by atoms with Crippen LogP contribution in [0.25, 0.3) is 32.8 Å². The lowest BCUT2D eigenvalue weighted by molar-refractivity contribution is -0.139. The van der Waals surface area contributed by atoms with E-state index in [4.69, 9.17) is 24.3 Å². The zero-order valence-corrected chi connectivity index (χ0v) is 24.0. The molecule has 7 heteroatoms. The lowest BCUT2D eigenvalue weighted by Crippen LogP contribution is -2.10. The summed E-state index contributed by atoms with van der Waals surface area (Å²) in [5.41, 5.74) is 6.11. The number of carbonyl (C=O) groups is 1. The van der Waals surface area contributed by atoms with Crippen LogP contribution >= 0.6 is 11.3 Å². The summed E-state index contributed by atoms with van der Waals surface area (Å²) in [6.45, 7) is 5.78. The molecule has 1 heterocycles. The van der Waals surface area contributed by atoms with Gasteiger partial charge in [0.05, 0.1) is 16.7 Å². The number of hydrogen-bond acceptors (Lipinski definition) is 6. The largest absolute Gasteiger partial charge is 0.491 e. The van der Waals surface area contributed by atoms with Crippen molar-refractivity contribution in [3.05, 3.63) is 108 Å². The van der Waals surface area contributed by atoms with Crippen LogP contribution in [0, 0.1) is 6.92 Å². The fourth-order valence-electron chi connectivity index (χ4n) is 4.38. The van der Waals surface area contributed by atoms with Gasteiger partial charge in [-0.3, -0.25) is 0 Å². The number of hydrogen-bond donors (Lipinski definition) is 1.